The third-order valence-corrected chi connectivity index (χ3v) is 5.86. The zero-order chi connectivity index (χ0) is 16.9. The van der Waals surface area contributed by atoms with Crippen LogP contribution in [-0.4, -0.2) is 28.5 Å². The minimum absolute atomic E-state index is 0.208. The third kappa shape index (κ3) is 4.45. The normalized spacial score (nSPS) is 13.1. The first-order valence-electron chi connectivity index (χ1n) is 7.76. The van der Waals surface area contributed by atoms with Crippen LogP contribution in [0.3, 0.4) is 0 Å². The highest BCUT2D eigenvalue weighted by molar-refractivity contribution is 6.77. The Balaban J connectivity index is 2.39. The number of ether oxygens (including phenoxy) is 2. The molecule has 122 valence electrons. The highest BCUT2D eigenvalue weighted by Gasteiger charge is 2.27. The molecule has 2 aromatic carbocycles. The molecule has 4 heteroatoms. The lowest BCUT2D eigenvalue weighted by atomic mass is 10.2. The summed E-state index contributed by atoms with van der Waals surface area (Å²) in [6.07, 6.45) is 1.91. The second kappa shape index (κ2) is 7.46. The first-order chi connectivity index (χ1) is 11.0. The van der Waals surface area contributed by atoms with E-state index in [9.17, 15) is 0 Å². The van der Waals surface area contributed by atoms with Crippen molar-refractivity contribution in [3.63, 3.8) is 0 Å². The average Bonchev–Trinajstić information content (AvgIpc) is 2.54. The lowest BCUT2D eigenvalue weighted by Crippen LogP contribution is -2.29. The molecule has 0 aliphatic heterocycles. The van der Waals surface area contributed by atoms with Crippen molar-refractivity contribution < 1.29 is 9.47 Å². The number of rotatable bonds is 6. The van der Waals surface area contributed by atoms with E-state index in [-0.39, 0.29) is 5.67 Å². The largest absolute Gasteiger partial charge is 0.497 e. The molecule has 0 fully saturated rings. The first-order valence-corrected chi connectivity index (χ1v) is 11.3. The average molecular weight is 328 g/mol. The molecule has 0 aromatic heterocycles. The van der Waals surface area contributed by atoms with E-state index in [1.807, 2.05) is 30.5 Å². The van der Waals surface area contributed by atoms with Crippen molar-refractivity contribution in [1.29, 1.82) is 0 Å². The lowest BCUT2D eigenvalue weighted by molar-refractivity contribution is 0.402. The Labute approximate surface area is 140 Å². The predicted octanol–water partition coefficient (Wildman–Crippen LogP) is 4.74. The summed E-state index contributed by atoms with van der Waals surface area (Å²) in [5.41, 5.74) is 2.41. The Morgan fingerprint density at radius 1 is 0.957 bits per heavy atom. The van der Waals surface area contributed by atoms with Crippen molar-refractivity contribution in [2.24, 2.45) is 4.99 Å². The Kier molecular flexibility index (Phi) is 5.61. The van der Waals surface area contributed by atoms with Gasteiger partial charge in [0.15, 0.2) is 0 Å². The van der Waals surface area contributed by atoms with Crippen LogP contribution in [0.4, 0.5) is 0 Å². The maximum absolute atomic E-state index is 5.43. The number of methoxy groups -OCH3 is 2. The highest BCUT2D eigenvalue weighted by Crippen LogP contribution is 2.29. The van der Waals surface area contributed by atoms with E-state index in [1.165, 1.54) is 5.56 Å². The fourth-order valence-corrected chi connectivity index (χ4v) is 4.25. The molecule has 0 saturated heterocycles. The second-order valence-electron chi connectivity index (χ2n) is 6.57. The molecule has 0 saturated carbocycles. The molecular formula is C19H25NO2Si. The summed E-state index contributed by atoms with van der Waals surface area (Å²) in [5.74, 6) is 1.61. The fourth-order valence-electron chi connectivity index (χ4n) is 2.54. The minimum Gasteiger partial charge on any atom is -0.497 e. The molecule has 2 aromatic rings. The number of benzene rings is 2. The van der Waals surface area contributed by atoms with Crippen LogP contribution in [0.15, 0.2) is 53.5 Å². The van der Waals surface area contributed by atoms with Crippen LogP contribution in [0, 0.1) is 0 Å². The van der Waals surface area contributed by atoms with Gasteiger partial charge in [0.2, 0.25) is 0 Å². The van der Waals surface area contributed by atoms with E-state index >= 15 is 0 Å². The van der Waals surface area contributed by atoms with Crippen LogP contribution >= 0.6 is 0 Å². The van der Waals surface area contributed by atoms with Gasteiger partial charge < -0.3 is 9.47 Å². The van der Waals surface area contributed by atoms with Crippen molar-refractivity contribution in [1.82, 2.24) is 0 Å². The van der Waals surface area contributed by atoms with Crippen molar-refractivity contribution in [2.45, 2.75) is 25.3 Å². The summed E-state index contributed by atoms with van der Waals surface area (Å²) in [6, 6.07) is 16.3. The van der Waals surface area contributed by atoms with E-state index < -0.39 is 8.07 Å². The Morgan fingerprint density at radius 3 is 2.22 bits per heavy atom. The zero-order valence-corrected chi connectivity index (χ0v) is 15.5. The standard InChI is InChI=1S/C19H25NO2Si/c1-21-17-11-12-18(22-2)16(13-17)14-20-19(23(3,4)5)15-9-7-6-8-10-15/h6-14,19H,1-5H3/b20-14+. The van der Waals surface area contributed by atoms with Gasteiger partial charge in [0.1, 0.15) is 11.5 Å². The Morgan fingerprint density at radius 2 is 1.65 bits per heavy atom. The van der Waals surface area contributed by atoms with Crippen LogP contribution in [0.5, 0.6) is 11.5 Å². The quantitative estimate of drug-likeness (QED) is 0.566. The van der Waals surface area contributed by atoms with Crippen molar-refractivity contribution in [3.8, 4) is 11.5 Å². The summed E-state index contributed by atoms with van der Waals surface area (Å²) >= 11 is 0. The van der Waals surface area contributed by atoms with Gasteiger partial charge in [-0.3, -0.25) is 4.99 Å². The third-order valence-electron chi connectivity index (χ3n) is 3.74. The van der Waals surface area contributed by atoms with Gasteiger partial charge >= 0.3 is 0 Å². The molecule has 0 radical (unpaired) electrons. The Hall–Kier alpha value is -2.07. The minimum atomic E-state index is -1.50. The summed E-state index contributed by atoms with van der Waals surface area (Å²) in [7, 11) is 1.84. The number of hydrogen-bond acceptors (Lipinski definition) is 3. The van der Waals surface area contributed by atoms with Gasteiger partial charge in [0.05, 0.1) is 28.0 Å². The summed E-state index contributed by atoms with van der Waals surface area (Å²) < 4.78 is 10.7. The topological polar surface area (TPSA) is 30.8 Å². The lowest BCUT2D eigenvalue weighted by Gasteiger charge is -2.25. The summed E-state index contributed by atoms with van der Waals surface area (Å²) in [6.45, 7) is 7.01. The Bertz CT molecular complexity index is 663. The maximum Gasteiger partial charge on any atom is 0.127 e. The van der Waals surface area contributed by atoms with Crippen molar-refractivity contribution >= 4 is 14.3 Å². The van der Waals surface area contributed by atoms with E-state index in [0.717, 1.165) is 17.1 Å². The van der Waals surface area contributed by atoms with Gasteiger partial charge in [-0.15, -0.1) is 0 Å². The fraction of sp³-hybridized carbons (Fsp3) is 0.316. The molecule has 0 spiro atoms. The molecule has 2 rings (SSSR count). The van der Waals surface area contributed by atoms with Gasteiger partial charge in [-0.2, -0.15) is 0 Å². The first kappa shape index (κ1) is 17.3. The van der Waals surface area contributed by atoms with Crippen LogP contribution in [-0.2, 0) is 0 Å². The van der Waals surface area contributed by atoms with Gasteiger partial charge in [-0.05, 0) is 23.8 Å². The van der Waals surface area contributed by atoms with E-state index in [1.54, 1.807) is 14.2 Å². The van der Waals surface area contributed by atoms with E-state index in [4.69, 9.17) is 14.5 Å². The maximum atomic E-state index is 5.43. The molecule has 3 nitrogen and oxygen atoms in total. The molecule has 23 heavy (non-hydrogen) atoms. The summed E-state index contributed by atoms with van der Waals surface area (Å²) in [4.78, 5) is 4.92. The molecule has 0 aliphatic carbocycles. The molecule has 1 atom stereocenters. The molecule has 0 aliphatic rings. The molecule has 0 amide bonds. The van der Waals surface area contributed by atoms with Crippen LogP contribution in [0.1, 0.15) is 16.8 Å². The highest BCUT2D eigenvalue weighted by atomic mass is 28.3. The van der Waals surface area contributed by atoms with Gasteiger partial charge in [0, 0.05) is 11.8 Å². The molecular weight excluding hydrogens is 302 g/mol. The van der Waals surface area contributed by atoms with Crippen molar-refractivity contribution in [2.75, 3.05) is 14.2 Å². The number of hydrogen-bond donors (Lipinski definition) is 0. The van der Waals surface area contributed by atoms with Crippen LogP contribution in [0.2, 0.25) is 19.6 Å². The smallest absolute Gasteiger partial charge is 0.127 e. The molecule has 0 N–H and O–H groups in total. The molecule has 0 heterocycles. The molecule has 1 unspecified atom stereocenters. The van der Waals surface area contributed by atoms with Crippen LogP contribution < -0.4 is 9.47 Å². The van der Waals surface area contributed by atoms with Crippen LogP contribution in [0.25, 0.3) is 0 Å². The predicted molar refractivity (Wildman–Crippen MR) is 99.7 cm³/mol. The number of nitrogens with zero attached hydrogens (tertiary/aromatic N) is 1. The van der Waals surface area contributed by atoms with Gasteiger partial charge in [-0.1, -0.05) is 50.0 Å². The van der Waals surface area contributed by atoms with Crippen molar-refractivity contribution in [3.05, 3.63) is 59.7 Å². The molecule has 0 bridgehead atoms. The van der Waals surface area contributed by atoms with Gasteiger partial charge in [-0.25, -0.2) is 0 Å². The number of aliphatic imine (C=N–C) groups is 1. The SMILES string of the molecule is COc1ccc(OC)c(/C=N/C(c2ccccc2)[Si](C)(C)C)c1. The zero-order valence-electron chi connectivity index (χ0n) is 14.5. The summed E-state index contributed by atoms with van der Waals surface area (Å²) in [5, 5.41) is 0. The second-order valence-corrected chi connectivity index (χ2v) is 11.8. The van der Waals surface area contributed by atoms with E-state index in [2.05, 4.69) is 43.9 Å². The van der Waals surface area contributed by atoms with E-state index in [0.29, 0.717) is 0 Å². The monoisotopic (exact) mass is 327 g/mol. The van der Waals surface area contributed by atoms with Gasteiger partial charge in [0.25, 0.3) is 0 Å².